The van der Waals surface area contributed by atoms with Crippen molar-refractivity contribution in [2.75, 3.05) is 22.8 Å². The van der Waals surface area contributed by atoms with Crippen molar-refractivity contribution < 1.29 is 53.5 Å². The first-order valence-electron chi connectivity index (χ1n) is 11.2. The van der Waals surface area contributed by atoms with E-state index in [-0.39, 0.29) is 42.9 Å². The normalized spacial score (nSPS) is 17.7. The number of rotatable bonds is 5. The second-order valence-corrected chi connectivity index (χ2v) is 10.3. The van der Waals surface area contributed by atoms with E-state index in [1.807, 2.05) is 0 Å². The van der Waals surface area contributed by atoms with Crippen molar-refractivity contribution in [3.8, 4) is 0 Å². The average Bonchev–Trinajstić information content (AvgIpc) is 3.49. The van der Waals surface area contributed by atoms with Crippen LogP contribution in [0.5, 0.6) is 0 Å². The number of hydrogen-bond acceptors (Lipinski definition) is 6. The summed E-state index contributed by atoms with van der Waals surface area (Å²) >= 11 is 0. The van der Waals surface area contributed by atoms with Crippen molar-refractivity contribution in [3.05, 3.63) is 40.1 Å². The molecule has 1 saturated heterocycles. The van der Waals surface area contributed by atoms with Gasteiger partial charge in [0.1, 0.15) is 0 Å². The molecule has 1 aromatic carbocycles. The SMILES string of the molecule is Cc1cc(N(C2CCOCC2)S(=O)(=O)NC(=O)Nc2c3c(cc4c2CCC4)CCC3)on1.[H-].[Na+]. The zero-order valence-corrected chi connectivity index (χ0v) is 22.0. The molecular weight excluding hydrogens is 455 g/mol. The van der Waals surface area contributed by atoms with Gasteiger partial charge in [0.05, 0.1) is 11.7 Å². The third-order valence-electron chi connectivity index (χ3n) is 6.55. The van der Waals surface area contributed by atoms with Crippen molar-refractivity contribution in [1.82, 2.24) is 9.88 Å². The number of carbonyl (C=O) groups excluding carboxylic acids is 1. The maximum atomic E-state index is 13.3. The van der Waals surface area contributed by atoms with Gasteiger partial charge in [-0.3, -0.25) is 0 Å². The van der Waals surface area contributed by atoms with E-state index in [1.165, 1.54) is 11.1 Å². The topological polar surface area (TPSA) is 114 Å². The van der Waals surface area contributed by atoms with Crippen molar-refractivity contribution >= 4 is 27.8 Å². The summed E-state index contributed by atoms with van der Waals surface area (Å²) in [7, 11) is -4.23. The molecule has 11 heteroatoms. The van der Waals surface area contributed by atoms with E-state index in [2.05, 4.69) is 21.3 Å². The fourth-order valence-corrected chi connectivity index (χ4v) is 6.45. The van der Waals surface area contributed by atoms with Crippen LogP contribution in [-0.4, -0.2) is 38.9 Å². The van der Waals surface area contributed by atoms with Crippen LogP contribution in [0.15, 0.2) is 16.7 Å². The van der Waals surface area contributed by atoms with E-state index < -0.39 is 16.2 Å². The molecule has 2 aliphatic carbocycles. The van der Waals surface area contributed by atoms with Crippen LogP contribution in [0.1, 0.15) is 55.1 Å². The Hall–Kier alpha value is -1.59. The van der Waals surface area contributed by atoms with Crippen LogP contribution >= 0.6 is 0 Å². The predicted molar refractivity (Wildman–Crippen MR) is 120 cm³/mol. The largest absolute Gasteiger partial charge is 1.00 e. The molecular formula is C22H29N4NaO5S. The summed E-state index contributed by atoms with van der Waals surface area (Å²) in [6.45, 7) is 2.61. The molecule has 0 unspecified atom stereocenters. The van der Waals surface area contributed by atoms with Crippen LogP contribution < -0.4 is 43.9 Å². The van der Waals surface area contributed by atoms with Gasteiger partial charge in [-0.05, 0) is 80.5 Å². The monoisotopic (exact) mass is 484 g/mol. The van der Waals surface area contributed by atoms with Crippen LogP contribution in [0.4, 0.5) is 16.4 Å². The van der Waals surface area contributed by atoms with Gasteiger partial charge >= 0.3 is 45.8 Å². The van der Waals surface area contributed by atoms with Gasteiger partial charge in [0.25, 0.3) is 0 Å². The van der Waals surface area contributed by atoms with Crippen LogP contribution in [-0.2, 0) is 40.6 Å². The molecule has 1 aromatic heterocycles. The number of fused-ring (bicyclic) bond motifs is 2. The molecule has 2 heterocycles. The molecule has 0 spiro atoms. The number of benzene rings is 1. The van der Waals surface area contributed by atoms with Gasteiger partial charge in [0.15, 0.2) is 0 Å². The maximum Gasteiger partial charge on any atom is 1.00 e. The van der Waals surface area contributed by atoms with Gasteiger partial charge in [-0.1, -0.05) is 11.2 Å². The van der Waals surface area contributed by atoms with Crippen LogP contribution in [0, 0.1) is 6.92 Å². The molecule has 174 valence electrons. The van der Waals surface area contributed by atoms with Gasteiger partial charge < -0.3 is 16.0 Å². The quantitative estimate of drug-likeness (QED) is 0.584. The Kier molecular flexibility index (Phi) is 7.40. The summed E-state index contributed by atoms with van der Waals surface area (Å²) in [4.78, 5) is 13.0. The molecule has 2 N–H and O–H groups in total. The van der Waals surface area contributed by atoms with Crippen molar-refractivity contribution in [3.63, 3.8) is 0 Å². The number of anilines is 2. The minimum atomic E-state index is -4.23. The number of nitrogens with zero attached hydrogens (tertiary/aromatic N) is 2. The molecule has 0 bridgehead atoms. The third-order valence-corrected chi connectivity index (χ3v) is 7.99. The Morgan fingerprint density at radius 2 is 1.73 bits per heavy atom. The van der Waals surface area contributed by atoms with Crippen LogP contribution in [0.25, 0.3) is 0 Å². The smallest absolute Gasteiger partial charge is 1.00 e. The molecule has 1 fully saturated rings. The molecule has 2 aromatic rings. The van der Waals surface area contributed by atoms with E-state index in [1.54, 1.807) is 13.0 Å². The zero-order valence-electron chi connectivity index (χ0n) is 20.1. The van der Waals surface area contributed by atoms with E-state index >= 15 is 0 Å². The summed E-state index contributed by atoms with van der Waals surface area (Å²) in [5.41, 5.74) is 6.19. The first-order valence-corrected chi connectivity index (χ1v) is 12.7. The first-order chi connectivity index (χ1) is 15.4. The van der Waals surface area contributed by atoms with E-state index in [9.17, 15) is 13.2 Å². The summed E-state index contributed by atoms with van der Waals surface area (Å²) < 4.78 is 40.7. The van der Waals surface area contributed by atoms with Crippen molar-refractivity contribution in [1.29, 1.82) is 0 Å². The Morgan fingerprint density at radius 1 is 1.09 bits per heavy atom. The standard InChI is InChI=1S/C22H28N4O5S.Na.H/c1-14-12-20(31-24-14)26(17-8-10-30-11-9-17)32(28,29)25-22(27)23-21-18-6-2-4-15(18)13-16-5-3-7-19(16)21;;/h12-13,17H,2-11H2,1H3,(H2,23,25,27);;/q;+1;-1. The second-order valence-electron chi connectivity index (χ2n) is 8.74. The Balaban J connectivity index is 0.00000162. The van der Waals surface area contributed by atoms with Crippen LogP contribution in [0.3, 0.4) is 0 Å². The number of urea groups is 1. The Bertz CT molecular complexity index is 1120. The van der Waals surface area contributed by atoms with Crippen LogP contribution in [0.2, 0.25) is 0 Å². The number of aryl methyl sites for hydroxylation is 3. The van der Waals surface area contributed by atoms with E-state index in [4.69, 9.17) is 9.26 Å². The zero-order chi connectivity index (χ0) is 22.3. The van der Waals surface area contributed by atoms with Gasteiger partial charge in [-0.15, -0.1) is 0 Å². The van der Waals surface area contributed by atoms with Gasteiger partial charge in [0.2, 0.25) is 5.88 Å². The molecule has 2 amide bonds. The predicted octanol–water partition coefficient (Wildman–Crippen LogP) is 0.129. The fraction of sp³-hybridized carbons (Fsp3) is 0.545. The molecule has 1 aliphatic heterocycles. The number of carbonyl (C=O) groups is 1. The summed E-state index contributed by atoms with van der Waals surface area (Å²) in [5, 5.41) is 6.72. The number of nitrogens with one attached hydrogen (secondary N) is 2. The van der Waals surface area contributed by atoms with E-state index in [0.29, 0.717) is 31.7 Å². The van der Waals surface area contributed by atoms with Crippen molar-refractivity contribution in [2.24, 2.45) is 0 Å². The number of aromatic nitrogens is 1. The first kappa shape index (κ1) is 24.5. The molecule has 9 nitrogen and oxygen atoms in total. The fourth-order valence-electron chi connectivity index (χ4n) is 5.14. The number of amides is 2. The number of hydrogen-bond donors (Lipinski definition) is 2. The molecule has 0 radical (unpaired) electrons. The third kappa shape index (κ3) is 4.95. The van der Waals surface area contributed by atoms with Gasteiger partial charge in [-0.2, -0.15) is 8.42 Å². The van der Waals surface area contributed by atoms with Gasteiger partial charge in [-0.25, -0.2) is 13.8 Å². The maximum absolute atomic E-state index is 13.3. The van der Waals surface area contributed by atoms with Crippen molar-refractivity contribution in [2.45, 2.75) is 64.3 Å². The molecule has 33 heavy (non-hydrogen) atoms. The average molecular weight is 485 g/mol. The molecule has 3 aliphatic rings. The number of ether oxygens (including phenoxy) is 1. The summed E-state index contributed by atoms with van der Waals surface area (Å²) in [6, 6.07) is 2.69. The molecule has 5 rings (SSSR count). The second kappa shape index (κ2) is 9.95. The van der Waals surface area contributed by atoms with Gasteiger partial charge in [0, 0.05) is 25.0 Å². The van der Waals surface area contributed by atoms with E-state index in [0.717, 1.165) is 59.6 Å². The Morgan fingerprint density at radius 3 is 2.30 bits per heavy atom. The molecule has 0 saturated carbocycles. The summed E-state index contributed by atoms with van der Waals surface area (Å²) in [6.07, 6.45) is 6.90. The molecule has 0 atom stereocenters. The minimum Gasteiger partial charge on any atom is -1.00 e. The minimum absolute atomic E-state index is 0. The summed E-state index contributed by atoms with van der Waals surface area (Å²) in [5.74, 6) is 0.0937. The Labute approximate surface area is 217 Å².